The number of benzene rings is 3. The number of rotatable bonds is 5. The molecule has 1 aliphatic heterocycles. The van der Waals surface area contributed by atoms with E-state index in [-0.39, 0.29) is 39.2 Å². The van der Waals surface area contributed by atoms with Crippen molar-refractivity contribution in [2.45, 2.75) is 19.1 Å². The van der Waals surface area contributed by atoms with Crippen molar-refractivity contribution in [1.29, 1.82) is 0 Å². The van der Waals surface area contributed by atoms with Crippen LogP contribution in [0.4, 0.5) is 39.0 Å². The Morgan fingerprint density at radius 3 is 2.40 bits per heavy atom. The smallest absolute Gasteiger partial charge is 0.353 e. The summed E-state index contributed by atoms with van der Waals surface area (Å²) in [7, 11) is 0. The number of hydrogen-bond donors (Lipinski definition) is 3. The minimum absolute atomic E-state index is 0.0143. The molecule has 7 nitrogen and oxygen atoms in total. The fourth-order valence-electron chi connectivity index (χ4n) is 4.28. The maximum atomic E-state index is 14.1. The maximum absolute atomic E-state index is 14.1. The number of anilines is 3. The third-order valence-corrected chi connectivity index (χ3v) is 6.41. The van der Waals surface area contributed by atoms with Crippen molar-refractivity contribution < 1.29 is 31.5 Å². The molecule has 0 spiro atoms. The highest BCUT2D eigenvalue weighted by Gasteiger charge is 2.36. The zero-order valence-electron chi connectivity index (χ0n) is 20.3. The van der Waals surface area contributed by atoms with Crippen molar-refractivity contribution in [2.24, 2.45) is 0 Å². The van der Waals surface area contributed by atoms with E-state index in [0.717, 1.165) is 12.1 Å². The van der Waals surface area contributed by atoms with Gasteiger partial charge < -0.3 is 16.0 Å². The average molecular weight is 574 g/mol. The van der Waals surface area contributed by atoms with Crippen LogP contribution < -0.4 is 16.0 Å². The number of nitrogens with zero attached hydrogens (tertiary/aromatic N) is 2. The molecule has 5 rings (SSSR count). The lowest BCUT2D eigenvalue weighted by Gasteiger charge is -2.19. The zero-order valence-corrected chi connectivity index (χ0v) is 21.1. The number of halogens is 6. The number of nitrogens with one attached hydrogen (secondary N) is 3. The minimum Gasteiger partial charge on any atom is -0.353 e. The van der Waals surface area contributed by atoms with Gasteiger partial charge in [-0.15, -0.1) is 0 Å². The summed E-state index contributed by atoms with van der Waals surface area (Å²) in [6.07, 6.45) is -1.93. The lowest BCUT2D eigenvalue weighted by atomic mass is 9.95. The molecule has 0 saturated carbocycles. The van der Waals surface area contributed by atoms with Crippen LogP contribution in [0.25, 0.3) is 0 Å². The fraction of sp³-hybridized carbons (Fsp3) is 0.111. The first kappa shape index (κ1) is 27.0. The quantitative estimate of drug-likeness (QED) is 0.235. The number of aryl methyl sites for hydroxylation is 1. The van der Waals surface area contributed by atoms with Gasteiger partial charge in [0.25, 0.3) is 11.8 Å². The Bertz CT molecular complexity index is 1660. The molecule has 0 aliphatic carbocycles. The van der Waals surface area contributed by atoms with Crippen molar-refractivity contribution in [3.05, 3.63) is 111 Å². The highest BCUT2D eigenvalue weighted by Crippen LogP contribution is 2.41. The van der Waals surface area contributed by atoms with E-state index >= 15 is 0 Å². The van der Waals surface area contributed by atoms with E-state index in [1.807, 2.05) is 0 Å². The van der Waals surface area contributed by atoms with Gasteiger partial charge in [-0.2, -0.15) is 13.2 Å². The Hall–Kier alpha value is -4.58. The molecule has 1 unspecified atom stereocenters. The Labute approximate surface area is 228 Å². The van der Waals surface area contributed by atoms with Crippen LogP contribution in [0.1, 0.15) is 49.3 Å². The topological polar surface area (TPSA) is 96.0 Å². The van der Waals surface area contributed by atoms with Crippen LogP contribution in [0.3, 0.4) is 0 Å². The summed E-state index contributed by atoms with van der Waals surface area (Å²) >= 11 is 6.29. The van der Waals surface area contributed by atoms with Crippen LogP contribution in [0.2, 0.25) is 5.02 Å². The summed E-state index contributed by atoms with van der Waals surface area (Å²) in [4.78, 5) is 34.3. The first-order chi connectivity index (χ1) is 18.9. The molecule has 3 aromatic carbocycles. The lowest BCUT2D eigenvalue weighted by molar-refractivity contribution is -0.137. The van der Waals surface area contributed by atoms with E-state index in [0.29, 0.717) is 23.6 Å². The summed E-state index contributed by atoms with van der Waals surface area (Å²) < 4.78 is 67.9. The van der Waals surface area contributed by atoms with E-state index in [4.69, 9.17) is 11.6 Å². The summed E-state index contributed by atoms with van der Waals surface area (Å²) in [5, 5.41) is 8.29. The number of hydrogen-bond acceptors (Lipinski definition) is 5. The average Bonchev–Trinajstić information content (AvgIpc) is 3.22. The Kier molecular flexibility index (Phi) is 6.88. The van der Waals surface area contributed by atoms with Crippen LogP contribution >= 0.6 is 11.6 Å². The second-order valence-electron chi connectivity index (χ2n) is 8.88. The summed E-state index contributed by atoms with van der Waals surface area (Å²) in [6, 6.07) is 6.85. The largest absolute Gasteiger partial charge is 0.416 e. The van der Waals surface area contributed by atoms with Crippen molar-refractivity contribution in [3.8, 4) is 0 Å². The van der Waals surface area contributed by atoms with E-state index in [1.54, 1.807) is 6.92 Å². The van der Waals surface area contributed by atoms with E-state index in [2.05, 4.69) is 25.9 Å². The van der Waals surface area contributed by atoms with Gasteiger partial charge in [0.1, 0.15) is 17.5 Å². The SMILES string of the molecule is Cc1ncc(Nc2cc(NC(=O)c3cc(F)cc(C(F)(F)F)c3)c3c(c2)C(=O)NC3c2cc(F)ccc2Cl)cn1. The number of carbonyl (C=O) groups excluding carboxylic acids is 2. The number of carbonyl (C=O) groups is 2. The summed E-state index contributed by atoms with van der Waals surface area (Å²) in [6.45, 7) is 1.69. The maximum Gasteiger partial charge on any atom is 0.416 e. The number of alkyl halides is 3. The second-order valence-corrected chi connectivity index (χ2v) is 9.29. The molecule has 4 aromatic rings. The molecular weight excluding hydrogens is 557 g/mol. The van der Waals surface area contributed by atoms with Gasteiger partial charge >= 0.3 is 6.18 Å². The summed E-state index contributed by atoms with van der Waals surface area (Å²) in [5.41, 5.74) is -0.800. The molecule has 2 heterocycles. The van der Waals surface area contributed by atoms with Crippen molar-refractivity contribution in [1.82, 2.24) is 15.3 Å². The molecule has 3 N–H and O–H groups in total. The molecule has 13 heteroatoms. The van der Waals surface area contributed by atoms with Crippen molar-refractivity contribution in [2.75, 3.05) is 10.6 Å². The van der Waals surface area contributed by atoms with Crippen LogP contribution in [0.5, 0.6) is 0 Å². The normalized spacial score (nSPS) is 14.5. The minimum atomic E-state index is -4.89. The van der Waals surface area contributed by atoms with Crippen LogP contribution in [-0.4, -0.2) is 21.8 Å². The highest BCUT2D eigenvalue weighted by molar-refractivity contribution is 6.31. The number of fused-ring (bicyclic) bond motifs is 1. The molecule has 1 atom stereocenters. The lowest BCUT2D eigenvalue weighted by Crippen LogP contribution is -2.21. The van der Waals surface area contributed by atoms with Gasteiger partial charge in [-0.1, -0.05) is 11.6 Å². The molecule has 0 bridgehead atoms. The molecule has 0 saturated heterocycles. The first-order valence-corrected chi connectivity index (χ1v) is 12.0. The third-order valence-electron chi connectivity index (χ3n) is 6.06. The van der Waals surface area contributed by atoms with Crippen molar-refractivity contribution >= 4 is 40.5 Å². The summed E-state index contributed by atoms with van der Waals surface area (Å²) in [5.74, 6) is -3.04. The van der Waals surface area contributed by atoms with Gasteiger partial charge in [0.05, 0.1) is 29.7 Å². The monoisotopic (exact) mass is 573 g/mol. The Morgan fingerprint density at radius 1 is 0.975 bits per heavy atom. The van der Waals surface area contributed by atoms with Gasteiger partial charge in [0, 0.05) is 38.7 Å². The van der Waals surface area contributed by atoms with E-state index in [9.17, 15) is 31.5 Å². The molecule has 204 valence electrons. The predicted octanol–water partition coefficient (Wildman–Crippen LogP) is 6.56. The van der Waals surface area contributed by atoms with Gasteiger partial charge in [-0.3, -0.25) is 9.59 Å². The Morgan fingerprint density at radius 2 is 1.70 bits per heavy atom. The molecule has 0 fully saturated rings. The second kappa shape index (κ2) is 10.2. The van der Waals surface area contributed by atoms with E-state index in [1.165, 1.54) is 30.6 Å². The predicted molar refractivity (Wildman–Crippen MR) is 137 cm³/mol. The molecular formula is C27H17ClF5N5O2. The van der Waals surface area contributed by atoms with Crippen LogP contribution in [-0.2, 0) is 6.18 Å². The van der Waals surface area contributed by atoms with Gasteiger partial charge in [0.2, 0.25) is 0 Å². The molecule has 0 radical (unpaired) electrons. The first-order valence-electron chi connectivity index (χ1n) is 11.6. The zero-order chi connectivity index (χ0) is 28.8. The van der Waals surface area contributed by atoms with Gasteiger partial charge in [0.15, 0.2) is 0 Å². The fourth-order valence-corrected chi connectivity index (χ4v) is 4.51. The highest BCUT2D eigenvalue weighted by atomic mass is 35.5. The van der Waals surface area contributed by atoms with Gasteiger partial charge in [-0.25, -0.2) is 18.7 Å². The molecule has 2 amide bonds. The Balaban J connectivity index is 1.61. The van der Waals surface area contributed by atoms with Crippen molar-refractivity contribution in [3.63, 3.8) is 0 Å². The molecule has 1 aliphatic rings. The van der Waals surface area contributed by atoms with Crippen LogP contribution in [0.15, 0.2) is 60.9 Å². The molecule has 40 heavy (non-hydrogen) atoms. The van der Waals surface area contributed by atoms with Crippen LogP contribution in [0, 0.1) is 18.6 Å². The number of amides is 2. The molecule has 1 aromatic heterocycles. The van der Waals surface area contributed by atoms with E-state index < -0.39 is 46.8 Å². The standard InChI is InChI=1S/C27H17ClF5N5O2/c1-12-34-10-18(11-35-12)36-17-8-20-23(24(38-26(20)40)19-7-15(29)2-3-21(19)28)22(9-17)37-25(39)13-4-14(27(31,32)33)6-16(30)5-13/h2-11,24,36H,1H3,(H,37,39)(H,38,40). The third kappa shape index (κ3) is 5.43. The number of aromatic nitrogens is 2. The van der Waals surface area contributed by atoms with Gasteiger partial charge in [-0.05, 0) is 55.5 Å².